The van der Waals surface area contributed by atoms with Gasteiger partial charge in [-0.2, -0.15) is 0 Å². The Morgan fingerprint density at radius 2 is 1.96 bits per heavy atom. The Labute approximate surface area is 136 Å². The summed E-state index contributed by atoms with van der Waals surface area (Å²) in [5.74, 6) is 2.22. The van der Waals surface area contributed by atoms with Gasteiger partial charge in [-0.3, -0.25) is 9.69 Å². The number of hydrogen-bond donors (Lipinski definition) is 1. The van der Waals surface area contributed by atoms with Gasteiger partial charge in [-0.15, -0.1) is 10.2 Å². The Morgan fingerprint density at radius 1 is 1.22 bits per heavy atom. The highest BCUT2D eigenvalue weighted by molar-refractivity contribution is 5.78. The van der Waals surface area contributed by atoms with Crippen molar-refractivity contribution in [3.05, 3.63) is 11.8 Å². The second kappa shape index (κ2) is 7.88. The average Bonchev–Trinajstić information content (AvgIpc) is 2.99. The molecule has 0 atom stereocenters. The van der Waals surface area contributed by atoms with Crippen LogP contribution in [0, 0.1) is 18.8 Å². The molecular weight excluding hydrogens is 296 g/mol. The maximum atomic E-state index is 12.1. The molecule has 0 radical (unpaired) electrons. The minimum absolute atomic E-state index is 0.143. The number of likely N-dealkylation sites (tertiary alicyclic amines) is 1. The molecule has 0 spiro atoms. The highest BCUT2D eigenvalue weighted by atomic mass is 16.5. The van der Waals surface area contributed by atoms with Crippen LogP contribution >= 0.6 is 0 Å². The summed E-state index contributed by atoms with van der Waals surface area (Å²) in [5, 5.41) is 11.0. The van der Waals surface area contributed by atoms with Crippen LogP contribution in [0.3, 0.4) is 0 Å². The quantitative estimate of drug-likeness (QED) is 0.875. The monoisotopic (exact) mass is 322 g/mol. The van der Waals surface area contributed by atoms with Crippen LogP contribution in [0.5, 0.6) is 0 Å². The fourth-order valence-corrected chi connectivity index (χ4v) is 3.29. The van der Waals surface area contributed by atoms with E-state index in [1.165, 1.54) is 0 Å². The number of hydrogen-bond acceptors (Lipinski definition) is 6. The van der Waals surface area contributed by atoms with Crippen LogP contribution in [0.2, 0.25) is 0 Å². The van der Waals surface area contributed by atoms with Crippen molar-refractivity contribution in [3.63, 3.8) is 0 Å². The average molecular weight is 322 g/mol. The number of rotatable bonds is 5. The minimum Gasteiger partial charge on any atom is -0.424 e. The molecule has 0 saturated carbocycles. The zero-order valence-corrected chi connectivity index (χ0v) is 13.8. The van der Waals surface area contributed by atoms with Crippen molar-refractivity contribution in [2.24, 2.45) is 11.8 Å². The lowest BCUT2D eigenvalue weighted by molar-refractivity contribution is -0.128. The third kappa shape index (κ3) is 4.75. The van der Waals surface area contributed by atoms with Crippen LogP contribution in [0.15, 0.2) is 4.42 Å². The molecule has 7 nitrogen and oxygen atoms in total. The predicted octanol–water partition coefficient (Wildman–Crippen LogP) is 1.13. The Hall–Kier alpha value is -1.47. The number of nitrogens with zero attached hydrogens (tertiary/aromatic N) is 3. The molecule has 1 aromatic rings. The third-order valence-corrected chi connectivity index (χ3v) is 4.79. The first-order valence-electron chi connectivity index (χ1n) is 8.57. The number of aromatic nitrogens is 2. The second-order valence-corrected chi connectivity index (χ2v) is 6.57. The van der Waals surface area contributed by atoms with Gasteiger partial charge in [0.1, 0.15) is 0 Å². The molecule has 7 heteroatoms. The Kier molecular flexibility index (Phi) is 5.61. The predicted molar refractivity (Wildman–Crippen MR) is 83.6 cm³/mol. The zero-order chi connectivity index (χ0) is 16.1. The topological polar surface area (TPSA) is 80.5 Å². The summed E-state index contributed by atoms with van der Waals surface area (Å²) < 4.78 is 10.7. The van der Waals surface area contributed by atoms with Crippen LogP contribution in [-0.2, 0) is 16.1 Å². The van der Waals surface area contributed by atoms with Gasteiger partial charge in [0.25, 0.3) is 0 Å². The Balaban J connectivity index is 1.35. The molecule has 0 unspecified atom stereocenters. The number of aryl methyl sites for hydroxylation is 1. The summed E-state index contributed by atoms with van der Waals surface area (Å²) in [6.45, 7) is 6.78. The fourth-order valence-electron chi connectivity index (χ4n) is 3.29. The molecule has 128 valence electrons. The molecule has 3 rings (SSSR count). The lowest BCUT2D eigenvalue weighted by Crippen LogP contribution is -2.41. The van der Waals surface area contributed by atoms with E-state index >= 15 is 0 Å². The van der Waals surface area contributed by atoms with Crippen LogP contribution in [0.1, 0.15) is 37.5 Å². The van der Waals surface area contributed by atoms with E-state index in [-0.39, 0.29) is 11.8 Å². The van der Waals surface area contributed by atoms with Crippen molar-refractivity contribution < 1.29 is 13.9 Å². The number of ether oxygens (including phenoxy) is 1. The van der Waals surface area contributed by atoms with Crippen LogP contribution in [0.4, 0.5) is 0 Å². The lowest BCUT2D eigenvalue weighted by atomic mass is 9.95. The van der Waals surface area contributed by atoms with Gasteiger partial charge in [-0.1, -0.05) is 0 Å². The maximum absolute atomic E-state index is 12.1. The molecular formula is C16H26N4O3. The normalized spacial score (nSPS) is 21.4. The number of amides is 1. The minimum atomic E-state index is 0.143. The van der Waals surface area contributed by atoms with Crippen LogP contribution < -0.4 is 5.32 Å². The van der Waals surface area contributed by atoms with E-state index in [0.29, 0.717) is 30.9 Å². The first kappa shape index (κ1) is 16.4. The summed E-state index contributed by atoms with van der Waals surface area (Å²) in [6.07, 6.45) is 3.91. The van der Waals surface area contributed by atoms with Crippen molar-refractivity contribution >= 4 is 5.91 Å². The molecule has 0 bridgehead atoms. The number of nitrogens with one attached hydrogen (secondary N) is 1. The van der Waals surface area contributed by atoms with Gasteiger partial charge in [0.05, 0.1) is 6.54 Å². The summed E-state index contributed by atoms with van der Waals surface area (Å²) in [6, 6.07) is 0. The summed E-state index contributed by atoms with van der Waals surface area (Å²) in [7, 11) is 0. The first-order valence-corrected chi connectivity index (χ1v) is 8.57. The highest BCUT2D eigenvalue weighted by Crippen LogP contribution is 2.19. The summed E-state index contributed by atoms with van der Waals surface area (Å²) in [5.41, 5.74) is 0. The SMILES string of the molecule is Cc1nnc(CN2CCC(CNC(=O)C3CCOCC3)CC2)o1. The second-order valence-electron chi connectivity index (χ2n) is 6.57. The molecule has 23 heavy (non-hydrogen) atoms. The smallest absolute Gasteiger partial charge is 0.230 e. The lowest BCUT2D eigenvalue weighted by Gasteiger charge is -2.31. The van der Waals surface area contributed by atoms with Crippen LogP contribution in [0.25, 0.3) is 0 Å². The third-order valence-electron chi connectivity index (χ3n) is 4.79. The van der Waals surface area contributed by atoms with E-state index in [0.717, 1.165) is 51.9 Å². The standard InChI is InChI=1S/C16H26N4O3/c1-12-18-19-15(23-12)11-20-6-2-13(3-7-20)10-17-16(21)14-4-8-22-9-5-14/h13-14H,2-11H2,1H3,(H,17,21). The maximum Gasteiger partial charge on any atom is 0.230 e. The Bertz CT molecular complexity index is 505. The Morgan fingerprint density at radius 3 is 2.61 bits per heavy atom. The molecule has 0 aliphatic carbocycles. The van der Waals surface area contributed by atoms with E-state index in [4.69, 9.17) is 9.15 Å². The van der Waals surface area contributed by atoms with Gasteiger partial charge in [0.2, 0.25) is 17.7 Å². The van der Waals surface area contributed by atoms with Gasteiger partial charge in [-0.05, 0) is 44.7 Å². The van der Waals surface area contributed by atoms with Gasteiger partial charge >= 0.3 is 0 Å². The molecule has 3 heterocycles. The van der Waals surface area contributed by atoms with Crippen LogP contribution in [-0.4, -0.2) is 53.9 Å². The van der Waals surface area contributed by atoms with E-state index < -0.39 is 0 Å². The summed E-state index contributed by atoms with van der Waals surface area (Å²) in [4.78, 5) is 14.5. The van der Waals surface area contributed by atoms with Crippen molar-refractivity contribution in [2.75, 3.05) is 32.8 Å². The largest absolute Gasteiger partial charge is 0.424 e. The van der Waals surface area contributed by atoms with Gasteiger partial charge in [-0.25, -0.2) is 0 Å². The van der Waals surface area contributed by atoms with E-state index in [1.807, 2.05) is 6.92 Å². The van der Waals surface area contributed by atoms with Gasteiger partial charge < -0.3 is 14.5 Å². The molecule has 2 aliphatic heterocycles. The first-order chi connectivity index (χ1) is 11.2. The van der Waals surface area contributed by atoms with E-state index in [9.17, 15) is 4.79 Å². The highest BCUT2D eigenvalue weighted by Gasteiger charge is 2.24. The fraction of sp³-hybridized carbons (Fsp3) is 0.812. The molecule has 0 aromatic carbocycles. The molecule has 1 aromatic heterocycles. The van der Waals surface area contributed by atoms with Crippen molar-refractivity contribution in [3.8, 4) is 0 Å². The molecule has 1 N–H and O–H groups in total. The van der Waals surface area contributed by atoms with E-state index in [2.05, 4.69) is 20.4 Å². The van der Waals surface area contributed by atoms with Crippen molar-refractivity contribution in [2.45, 2.75) is 39.2 Å². The van der Waals surface area contributed by atoms with Crippen molar-refractivity contribution in [1.29, 1.82) is 0 Å². The summed E-state index contributed by atoms with van der Waals surface area (Å²) >= 11 is 0. The molecule has 2 saturated heterocycles. The van der Waals surface area contributed by atoms with Gasteiger partial charge in [0, 0.05) is 32.6 Å². The number of carbonyl (C=O) groups is 1. The zero-order valence-electron chi connectivity index (χ0n) is 13.8. The number of piperidine rings is 1. The molecule has 2 fully saturated rings. The van der Waals surface area contributed by atoms with Crippen molar-refractivity contribution in [1.82, 2.24) is 20.4 Å². The van der Waals surface area contributed by atoms with E-state index in [1.54, 1.807) is 0 Å². The molecule has 2 aliphatic rings. The molecule has 1 amide bonds. The van der Waals surface area contributed by atoms with Gasteiger partial charge in [0.15, 0.2) is 0 Å². The number of carbonyl (C=O) groups excluding carboxylic acids is 1.